The highest BCUT2D eigenvalue weighted by molar-refractivity contribution is 5.91. The second-order valence-electron chi connectivity index (χ2n) is 4.16. The third-order valence-electron chi connectivity index (χ3n) is 2.72. The summed E-state index contributed by atoms with van der Waals surface area (Å²) in [5, 5.41) is 8.59. The quantitative estimate of drug-likeness (QED) is 0.650. The number of nitrogens with two attached hydrogens (primary N) is 1. The standard InChI is InChI=1S/C14H17N3O/c1-11(8-9-15)17(2)14(18)7-6-12-4-3-5-13(16)10-12/h3-7,10-11H,8,16H2,1-2H3/b7-6+. The lowest BCUT2D eigenvalue weighted by atomic mass is 10.2. The van der Waals surface area contributed by atoms with E-state index < -0.39 is 0 Å². The van der Waals surface area contributed by atoms with Gasteiger partial charge < -0.3 is 10.6 Å². The van der Waals surface area contributed by atoms with Crippen LogP contribution >= 0.6 is 0 Å². The number of nitrogens with zero attached hydrogens (tertiary/aromatic N) is 2. The molecule has 0 aliphatic heterocycles. The number of nitriles is 1. The topological polar surface area (TPSA) is 70.1 Å². The molecule has 1 unspecified atom stereocenters. The summed E-state index contributed by atoms with van der Waals surface area (Å²) in [5.41, 5.74) is 7.19. The highest BCUT2D eigenvalue weighted by atomic mass is 16.2. The molecule has 0 aliphatic carbocycles. The van der Waals surface area contributed by atoms with E-state index in [2.05, 4.69) is 0 Å². The second-order valence-corrected chi connectivity index (χ2v) is 4.16. The SMILES string of the molecule is CC(CC#N)N(C)C(=O)/C=C/c1cccc(N)c1. The number of benzene rings is 1. The zero-order valence-corrected chi connectivity index (χ0v) is 10.6. The van der Waals surface area contributed by atoms with Crippen molar-refractivity contribution in [3.63, 3.8) is 0 Å². The van der Waals surface area contributed by atoms with Crippen LogP contribution in [0.3, 0.4) is 0 Å². The molecule has 1 aromatic rings. The molecule has 0 heterocycles. The smallest absolute Gasteiger partial charge is 0.246 e. The Labute approximate surface area is 107 Å². The Morgan fingerprint density at radius 2 is 2.33 bits per heavy atom. The van der Waals surface area contributed by atoms with E-state index in [0.717, 1.165) is 5.56 Å². The van der Waals surface area contributed by atoms with Gasteiger partial charge in [-0.2, -0.15) is 5.26 Å². The van der Waals surface area contributed by atoms with E-state index in [1.165, 1.54) is 6.08 Å². The van der Waals surface area contributed by atoms with E-state index in [-0.39, 0.29) is 11.9 Å². The van der Waals surface area contributed by atoms with Crippen molar-refractivity contribution >= 4 is 17.7 Å². The first-order valence-electron chi connectivity index (χ1n) is 5.72. The Balaban J connectivity index is 2.67. The van der Waals surface area contributed by atoms with Crippen LogP contribution in [-0.2, 0) is 4.79 Å². The monoisotopic (exact) mass is 243 g/mol. The van der Waals surface area contributed by atoms with Gasteiger partial charge >= 0.3 is 0 Å². The summed E-state index contributed by atoms with van der Waals surface area (Å²) in [6.07, 6.45) is 3.53. The summed E-state index contributed by atoms with van der Waals surface area (Å²) >= 11 is 0. The van der Waals surface area contributed by atoms with E-state index in [1.807, 2.05) is 25.1 Å². The van der Waals surface area contributed by atoms with Gasteiger partial charge in [0.1, 0.15) is 0 Å². The van der Waals surface area contributed by atoms with E-state index >= 15 is 0 Å². The molecule has 1 atom stereocenters. The van der Waals surface area contributed by atoms with Crippen molar-refractivity contribution in [2.24, 2.45) is 0 Å². The van der Waals surface area contributed by atoms with E-state index in [0.29, 0.717) is 12.1 Å². The first-order chi connectivity index (χ1) is 8.54. The van der Waals surface area contributed by atoms with Gasteiger partial charge in [-0.05, 0) is 30.7 Å². The Kier molecular flexibility index (Phi) is 4.94. The fourth-order valence-electron chi connectivity index (χ4n) is 1.43. The van der Waals surface area contributed by atoms with E-state index in [1.54, 1.807) is 30.2 Å². The largest absolute Gasteiger partial charge is 0.399 e. The Hall–Kier alpha value is -2.28. The van der Waals surface area contributed by atoms with Gasteiger partial charge in [-0.25, -0.2) is 0 Å². The molecule has 2 N–H and O–H groups in total. The van der Waals surface area contributed by atoms with Gasteiger partial charge in [0.05, 0.1) is 12.5 Å². The number of hydrogen-bond donors (Lipinski definition) is 1. The molecule has 1 amide bonds. The van der Waals surface area contributed by atoms with Crippen LogP contribution in [0.5, 0.6) is 0 Å². The molecule has 1 rings (SSSR count). The predicted molar refractivity (Wildman–Crippen MR) is 72.4 cm³/mol. The lowest BCUT2D eigenvalue weighted by Gasteiger charge is -2.21. The van der Waals surface area contributed by atoms with Gasteiger partial charge in [0.15, 0.2) is 0 Å². The summed E-state index contributed by atoms with van der Waals surface area (Å²) in [6, 6.07) is 9.25. The van der Waals surface area contributed by atoms with Gasteiger partial charge in [0.2, 0.25) is 5.91 Å². The summed E-state index contributed by atoms with van der Waals surface area (Å²) in [6.45, 7) is 1.84. The molecule has 18 heavy (non-hydrogen) atoms. The molecular weight excluding hydrogens is 226 g/mol. The maximum Gasteiger partial charge on any atom is 0.246 e. The minimum absolute atomic E-state index is 0.0898. The third kappa shape index (κ3) is 3.95. The number of carbonyl (C=O) groups excluding carboxylic acids is 1. The number of hydrogen-bond acceptors (Lipinski definition) is 3. The summed E-state index contributed by atoms with van der Waals surface area (Å²) in [5.74, 6) is -0.125. The normalized spacial score (nSPS) is 12.1. The number of anilines is 1. The molecule has 4 heteroatoms. The third-order valence-corrected chi connectivity index (χ3v) is 2.72. The average Bonchev–Trinajstić information content (AvgIpc) is 2.35. The summed E-state index contributed by atoms with van der Waals surface area (Å²) < 4.78 is 0. The second kappa shape index (κ2) is 6.45. The van der Waals surface area contributed by atoms with Crippen LogP contribution in [0.2, 0.25) is 0 Å². The number of likely N-dealkylation sites (N-methyl/N-ethyl adjacent to an activating group) is 1. The fourth-order valence-corrected chi connectivity index (χ4v) is 1.43. The van der Waals surface area contributed by atoms with Gasteiger partial charge in [-0.15, -0.1) is 0 Å². The lowest BCUT2D eigenvalue weighted by molar-refractivity contribution is -0.126. The van der Waals surface area contributed by atoms with Gasteiger partial charge in [0.25, 0.3) is 0 Å². The summed E-state index contributed by atoms with van der Waals surface area (Å²) in [7, 11) is 1.69. The van der Waals surface area contributed by atoms with Crippen molar-refractivity contribution in [2.45, 2.75) is 19.4 Å². The molecule has 0 radical (unpaired) electrons. The highest BCUT2D eigenvalue weighted by Gasteiger charge is 2.12. The van der Waals surface area contributed by atoms with Crippen LogP contribution in [-0.4, -0.2) is 23.9 Å². The molecule has 0 aromatic heterocycles. The molecule has 0 spiro atoms. The van der Waals surface area contributed by atoms with Crippen LogP contribution in [0.4, 0.5) is 5.69 Å². The molecule has 1 aromatic carbocycles. The van der Waals surface area contributed by atoms with Gasteiger partial charge in [-0.3, -0.25) is 4.79 Å². The van der Waals surface area contributed by atoms with Crippen LogP contribution in [0.1, 0.15) is 18.9 Å². The molecule has 0 saturated carbocycles. The first kappa shape index (κ1) is 13.8. The van der Waals surface area contributed by atoms with Crippen molar-refractivity contribution in [2.75, 3.05) is 12.8 Å². The zero-order valence-electron chi connectivity index (χ0n) is 10.6. The maximum absolute atomic E-state index is 11.8. The minimum atomic E-state index is -0.125. The average molecular weight is 243 g/mol. The molecular formula is C14H17N3O. The van der Waals surface area contributed by atoms with Crippen molar-refractivity contribution in [1.82, 2.24) is 4.90 Å². The van der Waals surface area contributed by atoms with Crippen LogP contribution < -0.4 is 5.73 Å². The number of amides is 1. The molecule has 0 fully saturated rings. The molecule has 0 bridgehead atoms. The van der Waals surface area contributed by atoms with Crippen LogP contribution in [0.15, 0.2) is 30.3 Å². The fraction of sp³-hybridized carbons (Fsp3) is 0.286. The van der Waals surface area contributed by atoms with Gasteiger partial charge in [-0.1, -0.05) is 12.1 Å². The van der Waals surface area contributed by atoms with Crippen molar-refractivity contribution in [3.05, 3.63) is 35.9 Å². The van der Waals surface area contributed by atoms with Crippen molar-refractivity contribution in [1.29, 1.82) is 5.26 Å². The number of rotatable bonds is 4. The highest BCUT2D eigenvalue weighted by Crippen LogP contribution is 2.09. The minimum Gasteiger partial charge on any atom is -0.399 e. The van der Waals surface area contributed by atoms with Crippen molar-refractivity contribution < 1.29 is 4.79 Å². The summed E-state index contributed by atoms with van der Waals surface area (Å²) in [4.78, 5) is 13.4. The van der Waals surface area contributed by atoms with Gasteiger partial charge in [0, 0.05) is 24.9 Å². The molecule has 0 aliphatic rings. The Bertz CT molecular complexity index is 488. The predicted octanol–water partition coefficient (Wildman–Crippen LogP) is 2.04. The van der Waals surface area contributed by atoms with Crippen molar-refractivity contribution in [3.8, 4) is 6.07 Å². The number of carbonyl (C=O) groups is 1. The lowest BCUT2D eigenvalue weighted by Crippen LogP contribution is -2.33. The molecule has 4 nitrogen and oxygen atoms in total. The first-order valence-corrected chi connectivity index (χ1v) is 5.72. The Morgan fingerprint density at radius 1 is 1.61 bits per heavy atom. The van der Waals surface area contributed by atoms with E-state index in [4.69, 9.17) is 11.0 Å². The maximum atomic E-state index is 11.8. The Morgan fingerprint density at radius 3 is 2.94 bits per heavy atom. The zero-order chi connectivity index (χ0) is 13.5. The van der Waals surface area contributed by atoms with E-state index in [9.17, 15) is 4.79 Å². The number of nitrogen functional groups attached to an aromatic ring is 1. The molecule has 94 valence electrons. The molecule has 0 saturated heterocycles. The van der Waals surface area contributed by atoms with Crippen LogP contribution in [0.25, 0.3) is 6.08 Å². The van der Waals surface area contributed by atoms with Crippen LogP contribution in [0, 0.1) is 11.3 Å².